The van der Waals surface area contributed by atoms with Gasteiger partial charge in [-0.25, -0.2) is 19.3 Å². The number of hydrogen-bond donors (Lipinski definition) is 6. The smallest absolute Gasteiger partial charge is 0.339 e. The van der Waals surface area contributed by atoms with Gasteiger partial charge in [0.05, 0.1) is 0 Å². The van der Waals surface area contributed by atoms with Crippen molar-refractivity contribution in [1.82, 2.24) is 19.4 Å². The van der Waals surface area contributed by atoms with Crippen molar-refractivity contribution in [2.45, 2.75) is 19.0 Å². The van der Waals surface area contributed by atoms with Gasteiger partial charge in [0.15, 0.2) is 6.10 Å². The first-order chi connectivity index (χ1) is 15.6. The van der Waals surface area contributed by atoms with E-state index in [1.807, 2.05) is 0 Å². The molecule has 3 heterocycles. The summed E-state index contributed by atoms with van der Waals surface area (Å²) in [6, 6.07) is 8.01. The molecule has 33 heavy (non-hydrogen) atoms. The zero-order valence-corrected chi connectivity index (χ0v) is 17.1. The van der Waals surface area contributed by atoms with Gasteiger partial charge in [-0.3, -0.25) is 9.20 Å². The molecule has 11 nitrogen and oxygen atoms in total. The second-order valence-corrected chi connectivity index (χ2v) is 7.23. The number of imidazole rings is 1. The zero-order chi connectivity index (χ0) is 23.9. The molecule has 4 aromatic rings. The minimum Gasteiger partial charge on any atom is -0.382 e. The van der Waals surface area contributed by atoms with Gasteiger partial charge in [0.1, 0.15) is 28.7 Å². The number of aryl methyl sites for hydroxylation is 1. The number of fused-ring (bicyclic) bond motifs is 1. The highest BCUT2D eigenvalue weighted by Gasteiger charge is 2.31. The second kappa shape index (κ2) is 8.18. The molecular weight excluding hydrogens is 435 g/mol. The van der Waals surface area contributed by atoms with Crippen molar-refractivity contribution in [2.24, 2.45) is 0 Å². The first-order valence-corrected chi connectivity index (χ1v) is 9.59. The molecular formula is C21H19FN6O5. The number of aliphatic hydroxyl groups is 4. The number of nitrogens with two attached hydrogens (primary N) is 1. The lowest BCUT2D eigenvalue weighted by Crippen LogP contribution is -2.27. The Morgan fingerprint density at radius 2 is 1.97 bits per heavy atom. The Balaban J connectivity index is 1.68. The third kappa shape index (κ3) is 4.23. The number of hydrogen-bond acceptors (Lipinski definition) is 9. The summed E-state index contributed by atoms with van der Waals surface area (Å²) in [6.45, 7) is 1.61. The number of nitrogen functional groups attached to an aromatic ring is 1. The molecule has 4 rings (SSSR count). The van der Waals surface area contributed by atoms with Gasteiger partial charge >= 0.3 is 5.97 Å². The lowest BCUT2D eigenvalue weighted by Gasteiger charge is -2.12. The third-order valence-electron chi connectivity index (χ3n) is 4.89. The Bertz CT molecular complexity index is 1370. The molecule has 170 valence electrons. The number of aliphatic hydroxyl groups excluding tert-OH is 1. The maximum absolute atomic E-state index is 13.4. The van der Waals surface area contributed by atoms with Gasteiger partial charge in [-0.1, -0.05) is 12.1 Å². The van der Waals surface area contributed by atoms with Crippen molar-refractivity contribution in [3.8, 4) is 11.3 Å². The van der Waals surface area contributed by atoms with Crippen LogP contribution >= 0.6 is 0 Å². The topological polar surface area (TPSA) is 179 Å². The van der Waals surface area contributed by atoms with E-state index in [0.717, 1.165) is 6.07 Å². The van der Waals surface area contributed by atoms with Crippen molar-refractivity contribution in [3.05, 3.63) is 71.7 Å². The predicted molar refractivity (Wildman–Crippen MR) is 114 cm³/mol. The summed E-state index contributed by atoms with van der Waals surface area (Å²) in [5.41, 5.74) is 7.18. The lowest BCUT2D eigenvalue weighted by atomic mass is 10.1. The zero-order valence-electron chi connectivity index (χ0n) is 17.1. The molecule has 3 aromatic heterocycles. The highest BCUT2D eigenvalue weighted by molar-refractivity contribution is 5.94. The number of rotatable bonds is 5. The van der Waals surface area contributed by atoms with E-state index in [4.69, 9.17) is 5.73 Å². The maximum atomic E-state index is 13.4. The van der Waals surface area contributed by atoms with Crippen LogP contribution in [0.2, 0.25) is 0 Å². The molecule has 0 radical (unpaired) electrons. The van der Waals surface area contributed by atoms with Gasteiger partial charge in [0.25, 0.3) is 5.91 Å². The van der Waals surface area contributed by atoms with Gasteiger partial charge < -0.3 is 31.5 Å². The summed E-state index contributed by atoms with van der Waals surface area (Å²) < 4.78 is 14.6. The molecule has 12 heteroatoms. The quantitative estimate of drug-likeness (QED) is 0.235. The van der Waals surface area contributed by atoms with Gasteiger partial charge in [-0.2, -0.15) is 0 Å². The average molecular weight is 454 g/mol. The van der Waals surface area contributed by atoms with Crippen LogP contribution in [0.1, 0.15) is 23.2 Å². The molecule has 1 atom stereocenters. The molecule has 7 N–H and O–H groups in total. The number of nitrogens with one attached hydrogen (secondary N) is 1. The van der Waals surface area contributed by atoms with Crippen molar-refractivity contribution < 1.29 is 29.6 Å². The Morgan fingerprint density at radius 1 is 1.21 bits per heavy atom. The summed E-state index contributed by atoms with van der Waals surface area (Å²) in [5, 5.41) is 41.7. The van der Waals surface area contributed by atoms with Crippen LogP contribution in [-0.4, -0.2) is 45.7 Å². The Morgan fingerprint density at radius 3 is 2.64 bits per heavy atom. The SMILES string of the molecule is Cc1nc(NC(=O)C(O)c2cccc(F)c2)ccc1-c1nc(C(O)(O)O)n2ccnc(N)c12. The van der Waals surface area contributed by atoms with Gasteiger partial charge in [0.2, 0.25) is 5.82 Å². The van der Waals surface area contributed by atoms with E-state index in [1.54, 1.807) is 13.0 Å². The normalized spacial score (nSPS) is 12.7. The van der Waals surface area contributed by atoms with E-state index in [0.29, 0.717) is 11.3 Å². The van der Waals surface area contributed by atoms with Crippen LogP contribution in [0.15, 0.2) is 48.8 Å². The Kier molecular flexibility index (Phi) is 5.51. The number of carbonyl (C=O) groups excluding carboxylic acids is 1. The van der Waals surface area contributed by atoms with E-state index < -0.39 is 29.6 Å². The fourth-order valence-electron chi connectivity index (χ4n) is 3.39. The van der Waals surface area contributed by atoms with Gasteiger partial charge in [-0.05, 0) is 36.8 Å². The van der Waals surface area contributed by atoms with Gasteiger partial charge in [0, 0.05) is 23.7 Å². The average Bonchev–Trinajstić information content (AvgIpc) is 3.14. The molecule has 1 aromatic carbocycles. The van der Waals surface area contributed by atoms with Crippen molar-refractivity contribution in [2.75, 3.05) is 11.1 Å². The molecule has 0 spiro atoms. The standard InChI is InChI=1S/C21H19FN6O5/c1-10-13(15-16-18(23)24-7-8-28(16)20(27-15)21(31,32)33)5-6-14(25-10)26-19(30)17(29)11-3-2-4-12(22)9-11/h2-9,17,29,31-33H,1H3,(H2,23,24)(H,25,26,30). The van der Waals surface area contributed by atoms with Crippen molar-refractivity contribution in [3.63, 3.8) is 0 Å². The van der Waals surface area contributed by atoms with E-state index >= 15 is 0 Å². The highest BCUT2D eigenvalue weighted by atomic mass is 19.1. The van der Waals surface area contributed by atoms with Crippen LogP contribution in [0.4, 0.5) is 16.0 Å². The van der Waals surface area contributed by atoms with Crippen LogP contribution in [-0.2, 0) is 10.8 Å². The number of nitrogens with zero attached hydrogens (tertiary/aromatic N) is 4. The Hall–Kier alpha value is -3.97. The molecule has 1 unspecified atom stereocenters. The number of benzene rings is 1. The van der Waals surface area contributed by atoms with Crippen molar-refractivity contribution >= 4 is 23.1 Å². The van der Waals surface area contributed by atoms with Crippen molar-refractivity contribution in [1.29, 1.82) is 0 Å². The summed E-state index contributed by atoms with van der Waals surface area (Å²) in [4.78, 5) is 24.7. The minimum absolute atomic E-state index is 0.0190. The van der Waals surface area contributed by atoms with Crippen LogP contribution in [0.25, 0.3) is 16.8 Å². The number of carbonyl (C=O) groups is 1. The maximum Gasteiger partial charge on any atom is 0.339 e. The number of halogens is 1. The number of pyridine rings is 1. The summed E-state index contributed by atoms with van der Waals surface area (Å²) in [6.07, 6.45) is 1.04. The highest BCUT2D eigenvalue weighted by Crippen LogP contribution is 2.32. The number of anilines is 2. The molecule has 0 aliphatic rings. The monoisotopic (exact) mass is 454 g/mol. The summed E-state index contributed by atoms with van der Waals surface area (Å²) in [7, 11) is 0. The van der Waals surface area contributed by atoms with E-state index in [2.05, 4.69) is 20.3 Å². The van der Waals surface area contributed by atoms with Gasteiger partial charge in [-0.15, -0.1) is 0 Å². The predicted octanol–water partition coefficient (Wildman–Crippen LogP) is 0.580. The van der Waals surface area contributed by atoms with Crippen LogP contribution in [0, 0.1) is 12.7 Å². The van der Waals surface area contributed by atoms with Crippen LogP contribution in [0.5, 0.6) is 0 Å². The first kappa shape index (κ1) is 22.2. The molecule has 0 aliphatic carbocycles. The number of aromatic nitrogens is 4. The number of amides is 1. The van der Waals surface area contributed by atoms with E-state index in [9.17, 15) is 29.6 Å². The summed E-state index contributed by atoms with van der Waals surface area (Å²) >= 11 is 0. The largest absolute Gasteiger partial charge is 0.382 e. The lowest BCUT2D eigenvalue weighted by molar-refractivity contribution is -0.329. The van der Waals surface area contributed by atoms with Crippen LogP contribution in [0.3, 0.4) is 0 Å². The Labute approximate surface area is 185 Å². The first-order valence-electron chi connectivity index (χ1n) is 9.59. The molecule has 0 aliphatic heterocycles. The van der Waals surface area contributed by atoms with E-state index in [1.165, 1.54) is 41.1 Å². The minimum atomic E-state index is -3.24. The molecule has 0 saturated carbocycles. The molecule has 1 amide bonds. The molecule has 0 bridgehead atoms. The second-order valence-electron chi connectivity index (χ2n) is 7.23. The third-order valence-corrected chi connectivity index (χ3v) is 4.89. The van der Waals surface area contributed by atoms with E-state index in [-0.39, 0.29) is 28.4 Å². The van der Waals surface area contributed by atoms with Crippen LogP contribution < -0.4 is 11.1 Å². The fraction of sp³-hybridized carbons (Fsp3) is 0.143. The fourth-order valence-corrected chi connectivity index (χ4v) is 3.39. The molecule has 0 fully saturated rings. The molecule has 0 saturated heterocycles. The summed E-state index contributed by atoms with van der Waals surface area (Å²) in [5.74, 6) is -5.02.